The third-order valence-electron chi connectivity index (χ3n) is 3.34. The van der Waals surface area contributed by atoms with Crippen LogP contribution in [-0.4, -0.2) is 47.7 Å². The Kier molecular flexibility index (Phi) is 5.25. The van der Waals surface area contributed by atoms with Crippen molar-refractivity contribution in [2.45, 2.75) is 43.3 Å². The van der Waals surface area contributed by atoms with Crippen LogP contribution in [0.3, 0.4) is 0 Å². The number of rotatable bonds is 4. The first-order valence-electron chi connectivity index (χ1n) is 6.73. The molecule has 4 atom stereocenters. The highest BCUT2D eigenvalue weighted by molar-refractivity contribution is 8.00. The highest BCUT2D eigenvalue weighted by Gasteiger charge is 2.37. The lowest BCUT2D eigenvalue weighted by Crippen LogP contribution is -2.59. The molecule has 7 heteroatoms. The van der Waals surface area contributed by atoms with Crippen molar-refractivity contribution in [3.63, 3.8) is 0 Å². The molecule has 18 heavy (non-hydrogen) atoms. The van der Waals surface area contributed by atoms with Crippen molar-refractivity contribution >= 4 is 11.8 Å². The Labute approximate surface area is 114 Å². The SMILES string of the molecule is CC(C)CC(N)N1NC(C2CNCCN2)SC1N. The van der Waals surface area contributed by atoms with Crippen LogP contribution in [0.1, 0.15) is 20.3 Å². The number of thioether (sulfide) groups is 1. The van der Waals surface area contributed by atoms with Crippen LogP contribution in [0.5, 0.6) is 0 Å². The molecule has 0 bridgehead atoms. The van der Waals surface area contributed by atoms with Crippen molar-refractivity contribution in [1.29, 1.82) is 0 Å². The molecule has 2 aliphatic heterocycles. The third-order valence-corrected chi connectivity index (χ3v) is 4.58. The van der Waals surface area contributed by atoms with Gasteiger partial charge in [0.2, 0.25) is 0 Å². The van der Waals surface area contributed by atoms with E-state index in [4.69, 9.17) is 11.5 Å². The van der Waals surface area contributed by atoms with Crippen LogP contribution >= 0.6 is 11.8 Å². The van der Waals surface area contributed by atoms with Gasteiger partial charge in [-0.2, -0.15) is 5.01 Å². The number of nitrogens with one attached hydrogen (secondary N) is 3. The van der Waals surface area contributed by atoms with Gasteiger partial charge in [-0.3, -0.25) is 0 Å². The summed E-state index contributed by atoms with van der Waals surface area (Å²) in [5, 5.41) is 9.21. The van der Waals surface area contributed by atoms with Crippen LogP contribution in [-0.2, 0) is 0 Å². The number of hydrazine groups is 1. The Morgan fingerprint density at radius 2 is 2.17 bits per heavy atom. The standard InChI is InChI=1S/C11H26N6S/c1-7(2)5-9(12)17-11(13)18-10(16-17)8-6-14-3-4-15-8/h7-11,14-16H,3-6,12-13H2,1-2H3. The summed E-state index contributed by atoms with van der Waals surface area (Å²) >= 11 is 1.75. The fourth-order valence-electron chi connectivity index (χ4n) is 2.42. The molecule has 0 aromatic heterocycles. The Bertz CT molecular complexity index is 258. The van der Waals surface area contributed by atoms with Gasteiger partial charge >= 0.3 is 0 Å². The molecule has 4 unspecified atom stereocenters. The van der Waals surface area contributed by atoms with Crippen molar-refractivity contribution in [3.05, 3.63) is 0 Å². The zero-order chi connectivity index (χ0) is 13.1. The van der Waals surface area contributed by atoms with E-state index in [1.165, 1.54) is 0 Å². The van der Waals surface area contributed by atoms with Gasteiger partial charge in [0.05, 0.1) is 11.5 Å². The molecule has 2 fully saturated rings. The van der Waals surface area contributed by atoms with E-state index in [0.717, 1.165) is 26.1 Å². The molecule has 106 valence electrons. The van der Waals surface area contributed by atoms with E-state index < -0.39 is 0 Å². The molecule has 0 aromatic rings. The van der Waals surface area contributed by atoms with Crippen LogP contribution in [0.2, 0.25) is 0 Å². The van der Waals surface area contributed by atoms with Crippen LogP contribution in [0.25, 0.3) is 0 Å². The van der Waals surface area contributed by atoms with Gasteiger partial charge in [0.25, 0.3) is 0 Å². The number of hydrogen-bond acceptors (Lipinski definition) is 7. The van der Waals surface area contributed by atoms with E-state index in [1.807, 2.05) is 5.01 Å². The molecular formula is C11H26N6S. The summed E-state index contributed by atoms with van der Waals surface area (Å²) in [6.45, 7) is 7.38. The van der Waals surface area contributed by atoms with Crippen molar-refractivity contribution in [3.8, 4) is 0 Å². The van der Waals surface area contributed by atoms with Crippen molar-refractivity contribution < 1.29 is 0 Å². The average Bonchev–Trinajstić information content (AvgIpc) is 2.72. The number of nitrogens with two attached hydrogens (primary N) is 2. The molecule has 0 radical (unpaired) electrons. The van der Waals surface area contributed by atoms with Crippen LogP contribution < -0.4 is 27.5 Å². The van der Waals surface area contributed by atoms with E-state index in [0.29, 0.717) is 17.3 Å². The lowest BCUT2D eigenvalue weighted by atomic mass is 10.1. The molecule has 0 aromatic carbocycles. The topological polar surface area (TPSA) is 91.4 Å². The second-order valence-corrected chi connectivity index (χ2v) is 6.71. The highest BCUT2D eigenvalue weighted by atomic mass is 32.2. The monoisotopic (exact) mass is 274 g/mol. The van der Waals surface area contributed by atoms with Crippen molar-refractivity contribution in [1.82, 2.24) is 21.1 Å². The lowest BCUT2D eigenvalue weighted by molar-refractivity contribution is 0.103. The predicted octanol–water partition coefficient (Wildman–Crippen LogP) is -0.999. The fraction of sp³-hybridized carbons (Fsp3) is 1.00. The summed E-state index contributed by atoms with van der Waals surface area (Å²) < 4.78 is 0. The van der Waals surface area contributed by atoms with E-state index in [1.54, 1.807) is 11.8 Å². The minimum atomic E-state index is -0.0625. The third kappa shape index (κ3) is 3.57. The van der Waals surface area contributed by atoms with Gasteiger partial charge in [-0.15, -0.1) is 11.8 Å². The second kappa shape index (κ2) is 6.51. The molecular weight excluding hydrogens is 248 g/mol. The molecule has 0 amide bonds. The van der Waals surface area contributed by atoms with Gasteiger partial charge in [-0.1, -0.05) is 13.8 Å². The first-order chi connectivity index (χ1) is 8.58. The number of hydrogen-bond donors (Lipinski definition) is 5. The summed E-state index contributed by atoms with van der Waals surface area (Å²) in [6, 6.07) is 0.408. The fourth-order valence-corrected chi connectivity index (χ4v) is 3.64. The van der Waals surface area contributed by atoms with E-state index in [2.05, 4.69) is 29.9 Å². The van der Waals surface area contributed by atoms with Crippen LogP contribution in [0.4, 0.5) is 0 Å². The first-order valence-corrected chi connectivity index (χ1v) is 7.67. The quantitative estimate of drug-likeness (QED) is 0.449. The maximum absolute atomic E-state index is 6.20. The molecule has 0 aliphatic carbocycles. The van der Waals surface area contributed by atoms with Crippen LogP contribution in [0, 0.1) is 5.92 Å². The number of piperazine rings is 1. The summed E-state index contributed by atoms with van der Waals surface area (Å²) in [6.07, 6.45) is 0.929. The Morgan fingerprint density at radius 1 is 1.39 bits per heavy atom. The normalized spacial score (nSPS) is 36.2. The maximum atomic E-state index is 6.20. The molecule has 2 aliphatic rings. The second-order valence-electron chi connectivity index (χ2n) is 5.45. The Hall–Kier alpha value is 0.110. The smallest absolute Gasteiger partial charge is 0.122 e. The van der Waals surface area contributed by atoms with E-state index in [9.17, 15) is 0 Å². The van der Waals surface area contributed by atoms with Gasteiger partial charge in [-0.25, -0.2) is 5.43 Å². The highest BCUT2D eigenvalue weighted by Crippen LogP contribution is 2.27. The predicted molar refractivity (Wildman–Crippen MR) is 76.4 cm³/mol. The molecule has 2 heterocycles. The summed E-state index contributed by atoms with van der Waals surface area (Å²) in [7, 11) is 0. The summed E-state index contributed by atoms with van der Waals surface area (Å²) in [5.74, 6) is 0.576. The van der Waals surface area contributed by atoms with Crippen molar-refractivity contribution in [2.24, 2.45) is 17.4 Å². The first kappa shape index (κ1) is 14.5. The largest absolute Gasteiger partial charge is 0.315 e. The average molecular weight is 274 g/mol. The van der Waals surface area contributed by atoms with Gasteiger partial charge < -0.3 is 22.1 Å². The van der Waals surface area contributed by atoms with Crippen molar-refractivity contribution in [2.75, 3.05) is 19.6 Å². The molecule has 0 saturated carbocycles. The number of nitrogens with zero attached hydrogens (tertiary/aromatic N) is 1. The van der Waals surface area contributed by atoms with E-state index in [-0.39, 0.29) is 11.7 Å². The molecule has 6 nitrogen and oxygen atoms in total. The minimum absolute atomic E-state index is 0.0194. The zero-order valence-corrected chi connectivity index (χ0v) is 12.0. The summed E-state index contributed by atoms with van der Waals surface area (Å²) in [5.41, 5.74) is 15.7. The zero-order valence-electron chi connectivity index (χ0n) is 11.2. The maximum Gasteiger partial charge on any atom is 0.122 e. The molecule has 7 N–H and O–H groups in total. The van der Waals surface area contributed by atoms with Gasteiger partial charge in [0.15, 0.2) is 0 Å². The Morgan fingerprint density at radius 3 is 2.78 bits per heavy atom. The Balaban J connectivity index is 1.87. The van der Waals surface area contributed by atoms with Gasteiger partial charge in [0, 0.05) is 25.7 Å². The molecule has 2 rings (SSSR count). The van der Waals surface area contributed by atoms with Gasteiger partial charge in [0.1, 0.15) is 5.50 Å². The van der Waals surface area contributed by atoms with Gasteiger partial charge in [-0.05, 0) is 12.3 Å². The van der Waals surface area contributed by atoms with E-state index >= 15 is 0 Å². The van der Waals surface area contributed by atoms with Crippen LogP contribution in [0.15, 0.2) is 0 Å². The minimum Gasteiger partial charge on any atom is -0.315 e. The summed E-state index contributed by atoms with van der Waals surface area (Å²) in [4.78, 5) is 0. The molecule has 2 saturated heterocycles. The lowest BCUT2D eigenvalue weighted by Gasteiger charge is -2.31. The molecule has 0 spiro atoms.